The summed E-state index contributed by atoms with van der Waals surface area (Å²) in [4.78, 5) is 23.3. The van der Waals surface area contributed by atoms with Crippen LogP contribution in [0.15, 0.2) is 18.2 Å². The number of allylic oxidation sites excluding steroid dienone is 3. The van der Waals surface area contributed by atoms with E-state index in [1.165, 1.54) is 13.8 Å². The van der Waals surface area contributed by atoms with Crippen LogP contribution in [-0.2, 0) is 0 Å². The minimum atomic E-state index is -0.244. The number of Topliss-reactive ketones (excluding diaryl/α,β-unsaturated/α-hetero) is 2. The Bertz CT molecular complexity index is 507. The summed E-state index contributed by atoms with van der Waals surface area (Å²) in [5.41, 5.74) is 0.728. The van der Waals surface area contributed by atoms with Gasteiger partial charge in [-0.3, -0.25) is 9.59 Å². The Kier molecular flexibility index (Phi) is 4.40. The van der Waals surface area contributed by atoms with E-state index < -0.39 is 0 Å². The van der Waals surface area contributed by atoms with Crippen LogP contribution >= 0.6 is 11.3 Å². The molecule has 1 aromatic heterocycles. The number of carbonyl (C=O) groups excluding carboxylic acids is 2. The van der Waals surface area contributed by atoms with Crippen molar-refractivity contribution in [3.05, 3.63) is 34.2 Å². The average molecular weight is 250 g/mol. The third-order valence-electron chi connectivity index (χ3n) is 2.16. The summed E-state index contributed by atoms with van der Waals surface area (Å²) in [5.74, 6) is -0.399. The van der Waals surface area contributed by atoms with E-state index in [4.69, 9.17) is 0 Å². The SMILES string of the molecule is C/C=C/C=C/c1c(C(C)=O)sc(O)c1C(C)=O. The fourth-order valence-corrected chi connectivity index (χ4v) is 2.43. The molecule has 1 rings (SSSR count). The molecular weight excluding hydrogens is 236 g/mol. The van der Waals surface area contributed by atoms with E-state index in [2.05, 4.69) is 0 Å². The van der Waals surface area contributed by atoms with Crippen LogP contribution in [0.3, 0.4) is 0 Å². The van der Waals surface area contributed by atoms with Crippen LogP contribution in [0.4, 0.5) is 0 Å². The maximum atomic E-state index is 11.4. The highest BCUT2D eigenvalue weighted by atomic mass is 32.1. The van der Waals surface area contributed by atoms with E-state index in [-0.39, 0.29) is 22.2 Å². The Morgan fingerprint density at radius 1 is 1.18 bits per heavy atom. The lowest BCUT2D eigenvalue weighted by atomic mass is 10.1. The summed E-state index contributed by atoms with van der Waals surface area (Å²) in [7, 11) is 0. The largest absolute Gasteiger partial charge is 0.499 e. The molecule has 0 bridgehead atoms. The Morgan fingerprint density at radius 3 is 2.29 bits per heavy atom. The summed E-state index contributed by atoms with van der Waals surface area (Å²) < 4.78 is 0. The van der Waals surface area contributed by atoms with Crippen LogP contribution in [0.25, 0.3) is 6.08 Å². The third-order valence-corrected chi connectivity index (χ3v) is 3.27. The highest BCUT2D eigenvalue weighted by Gasteiger charge is 2.21. The van der Waals surface area contributed by atoms with Gasteiger partial charge in [-0.2, -0.15) is 0 Å². The summed E-state index contributed by atoms with van der Waals surface area (Å²) in [6, 6.07) is 0. The van der Waals surface area contributed by atoms with Crippen LogP contribution in [0.5, 0.6) is 5.06 Å². The lowest BCUT2D eigenvalue weighted by Gasteiger charge is -1.97. The van der Waals surface area contributed by atoms with Crippen molar-refractivity contribution in [2.24, 2.45) is 0 Å². The maximum absolute atomic E-state index is 11.4. The van der Waals surface area contributed by atoms with Gasteiger partial charge in [0.15, 0.2) is 16.6 Å². The Morgan fingerprint density at radius 2 is 1.82 bits per heavy atom. The van der Waals surface area contributed by atoms with Crippen LogP contribution in [0, 0.1) is 0 Å². The van der Waals surface area contributed by atoms with Crippen LogP contribution < -0.4 is 0 Å². The van der Waals surface area contributed by atoms with Gasteiger partial charge in [0.2, 0.25) is 0 Å². The van der Waals surface area contributed by atoms with Gasteiger partial charge in [-0.15, -0.1) is 0 Å². The molecule has 0 aliphatic rings. The predicted octanol–water partition coefficient (Wildman–Crippen LogP) is 3.45. The molecule has 0 saturated carbocycles. The van der Waals surface area contributed by atoms with Gasteiger partial charge in [-0.05, 0) is 20.8 Å². The van der Waals surface area contributed by atoms with Gasteiger partial charge in [0, 0.05) is 5.56 Å². The molecule has 1 aromatic rings. The molecule has 3 nitrogen and oxygen atoms in total. The minimum Gasteiger partial charge on any atom is -0.499 e. The summed E-state index contributed by atoms with van der Waals surface area (Å²) >= 11 is 0.945. The molecule has 0 amide bonds. The zero-order valence-corrected chi connectivity index (χ0v) is 10.8. The van der Waals surface area contributed by atoms with E-state index in [0.717, 1.165) is 11.3 Å². The molecule has 0 aliphatic carbocycles. The van der Waals surface area contributed by atoms with Crippen molar-refractivity contribution in [2.45, 2.75) is 20.8 Å². The molecule has 0 saturated heterocycles. The normalized spacial score (nSPS) is 11.5. The van der Waals surface area contributed by atoms with Gasteiger partial charge < -0.3 is 5.11 Å². The van der Waals surface area contributed by atoms with E-state index in [9.17, 15) is 14.7 Å². The van der Waals surface area contributed by atoms with Crippen molar-refractivity contribution in [3.63, 3.8) is 0 Å². The number of rotatable bonds is 4. The molecule has 0 spiro atoms. The zero-order valence-electron chi connectivity index (χ0n) is 9.98. The molecule has 1 N–H and O–H groups in total. The number of aromatic hydroxyl groups is 1. The number of hydrogen-bond acceptors (Lipinski definition) is 4. The lowest BCUT2D eigenvalue weighted by molar-refractivity contribution is 0.101. The molecule has 0 radical (unpaired) electrons. The van der Waals surface area contributed by atoms with Crippen molar-refractivity contribution >= 4 is 29.0 Å². The topological polar surface area (TPSA) is 54.4 Å². The van der Waals surface area contributed by atoms with E-state index in [0.29, 0.717) is 10.4 Å². The molecule has 1 heterocycles. The second kappa shape index (κ2) is 5.59. The minimum absolute atomic E-state index is 0.0946. The highest BCUT2D eigenvalue weighted by Crippen LogP contribution is 2.36. The standard InChI is InChI=1S/C13H14O3S/c1-4-5-6-7-10-11(8(2)14)13(16)17-12(10)9(3)15/h4-7,16H,1-3H3/b5-4+,7-6+. The first-order valence-electron chi connectivity index (χ1n) is 5.16. The summed E-state index contributed by atoms with van der Waals surface area (Å²) in [6.07, 6.45) is 7.04. The van der Waals surface area contributed by atoms with Crippen LogP contribution in [0.2, 0.25) is 0 Å². The van der Waals surface area contributed by atoms with E-state index in [1.807, 2.05) is 13.0 Å². The second-order valence-electron chi connectivity index (χ2n) is 3.52. The number of carbonyl (C=O) groups is 2. The zero-order chi connectivity index (χ0) is 13.0. The molecule has 0 atom stereocenters. The van der Waals surface area contributed by atoms with Crippen molar-refractivity contribution in [2.75, 3.05) is 0 Å². The van der Waals surface area contributed by atoms with Gasteiger partial charge in [-0.25, -0.2) is 0 Å². The van der Waals surface area contributed by atoms with Gasteiger partial charge in [0.1, 0.15) is 0 Å². The number of ketones is 2. The molecule has 90 valence electrons. The highest BCUT2D eigenvalue weighted by molar-refractivity contribution is 7.16. The van der Waals surface area contributed by atoms with Crippen molar-refractivity contribution < 1.29 is 14.7 Å². The van der Waals surface area contributed by atoms with E-state index >= 15 is 0 Å². The molecule has 0 aromatic carbocycles. The molecular formula is C13H14O3S. The van der Waals surface area contributed by atoms with Gasteiger partial charge in [0.05, 0.1) is 10.4 Å². The van der Waals surface area contributed by atoms with Gasteiger partial charge in [0.25, 0.3) is 0 Å². The van der Waals surface area contributed by atoms with Crippen LogP contribution in [0.1, 0.15) is 46.4 Å². The quantitative estimate of drug-likeness (QED) is 0.657. The smallest absolute Gasteiger partial charge is 0.183 e. The van der Waals surface area contributed by atoms with E-state index in [1.54, 1.807) is 18.2 Å². The molecule has 17 heavy (non-hydrogen) atoms. The maximum Gasteiger partial charge on any atom is 0.183 e. The first-order chi connectivity index (χ1) is 7.99. The molecule has 4 heteroatoms. The third kappa shape index (κ3) is 2.91. The van der Waals surface area contributed by atoms with Crippen molar-refractivity contribution in [1.29, 1.82) is 0 Å². The number of thiophene rings is 1. The molecule has 0 aliphatic heterocycles. The van der Waals surface area contributed by atoms with Gasteiger partial charge >= 0.3 is 0 Å². The Hall–Kier alpha value is -1.68. The van der Waals surface area contributed by atoms with Gasteiger partial charge in [-0.1, -0.05) is 35.6 Å². The monoisotopic (exact) mass is 250 g/mol. The Labute approximate surface area is 104 Å². The van der Waals surface area contributed by atoms with Crippen molar-refractivity contribution in [3.8, 4) is 5.06 Å². The predicted molar refractivity (Wildman–Crippen MR) is 69.8 cm³/mol. The second-order valence-corrected chi connectivity index (χ2v) is 4.52. The Balaban J connectivity index is 3.40. The molecule has 0 fully saturated rings. The average Bonchev–Trinajstić information content (AvgIpc) is 2.56. The fourth-order valence-electron chi connectivity index (χ4n) is 1.46. The van der Waals surface area contributed by atoms with Crippen molar-refractivity contribution in [1.82, 2.24) is 0 Å². The number of hydrogen-bond donors (Lipinski definition) is 1. The summed E-state index contributed by atoms with van der Waals surface area (Å²) in [5, 5.41) is 9.59. The lowest BCUT2D eigenvalue weighted by Crippen LogP contribution is -1.96. The molecule has 0 unspecified atom stereocenters. The first-order valence-corrected chi connectivity index (χ1v) is 5.97. The fraction of sp³-hybridized carbons (Fsp3) is 0.231. The van der Waals surface area contributed by atoms with Crippen LogP contribution in [-0.4, -0.2) is 16.7 Å². The first kappa shape index (κ1) is 13.4. The summed E-state index contributed by atoms with van der Waals surface area (Å²) in [6.45, 7) is 4.66.